The van der Waals surface area contributed by atoms with Gasteiger partial charge >= 0.3 is 0 Å². The zero-order valence-corrected chi connectivity index (χ0v) is 11.1. The van der Waals surface area contributed by atoms with Crippen molar-refractivity contribution in [3.05, 3.63) is 29.6 Å². The predicted octanol–water partition coefficient (Wildman–Crippen LogP) is 0.415. The van der Waals surface area contributed by atoms with E-state index in [1.807, 2.05) is 32.0 Å². The molecule has 0 saturated carbocycles. The van der Waals surface area contributed by atoms with Gasteiger partial charge in [0.2, 0.25) is 5.91 Å². The van der Waals surface area contributed by atoms with Gasteiger partial charge in [0.1, 0.15) is 0 Å². The van der Waals surface area contributed by atoms with Crippen LogP contribution in [0.1, 0.15) is 24.7 Å². The average Bonchev–Trinajstić information content (AvgIpc) is 2.33. The topological polar surface area (TPSA) is 85.2 Å². The molecular formula is C13H22N4O. The van der Waals surface area contributed by atoms with Crippen LogP contribution in [0.3, 0.4) is 0 Å². The van der Waals surface area contributed by atoms with Crippen LogP contribution in [0.5, 0.6) is 0 Å². The lowest BCUT2D eigenvalue weighted by molar-refractivity contribution is -0.119. The molecule has 18 heavy (non-hydrogen) atoms. The van der Waals surface area contributed by atoms with Gasteiger partial charge in [-0.05, 0) is 25.6 Å². The van der Waals surface area contributed by atoms with E-state index in [-0.39, 0.29) is 18.4 Å². The zero-order valence-electron chi connectivity index (χ0n) is 11.1. The third-order valence-electron chi connectivity index (χ3n) is 2.94. The Morgan fingerprint density at radius 1 is 1.50 bits per heavy atom. The molecule has 0 bridgehead atoms. The first kappa shape index (κ1) is 14.6. The summed E-state index contributed by atoms with van der Waals surface area (Å²) >= 11 is 0. The summed E-state index contributed by atoms with van der Waals surface area (Å²) in [5.41, 5.74) is 12.9. The van der Waals surface area contributed by atoms with Crippen molar-refractivity contribution in [1.29, 1.82) is 0 Å². The van der Waals surface area contributed by atoms with Gasteiger partial charge in [0.25, 0.3) is 0 Å². The molecular weight excluding hydrogens is 228 g/mol. The van der Waals surface area contributed by atoms with Crippen LogP contribution >= 0.6 is 0 Å². The number of primary amides is 1. The summed E-state index contributed by atoms with van der Waals surface area (Å²) in [4.78, 5) is 17.6. The number of aromatic nitrogens is 1. The molecule has 0 radical (unpaired) electrons. The minimum atomic E-state index is -0.318. The zero-order chi connectivity index (χ0) is 13.5. The molecule has 1 unspecified atom stereocenters. The molecule has 1 aromatic rings. The summed E-state index contributed by atoms with van der Waals surface area (Å²) in [5.74, 6) is -0.318. The summed E-state index contributed by atoms with van der Waals surface area (Å²) in [6.45, 7) is 5.92. The average molecular weight is 250 g/mol. The Balaban J connectivity index is 2.73. The Morgan fingerprint density at radius 2 is 2.22 bits per heavy atom. The van der Waals surface area contributed by atoms with Crippen molar-refractivity contribution < 1.29 is 4.79 Å². The molecule has 4 N–H and O–H groups in total. The number of pyridine rings is 1. The third kappa shape index (κ3) is 4.43. The Kier molecular flexibility index (Phi) is 5.74. The van der Waals surface area contributed by atoms with Crippen molar-refractivity contribution in [3.63, 3.8) is 0 Å². The Bertz CT molecular complexity index is 394. The van der Waals surface area contributed by atoms with Crippen LogP contribution in [0.25, 0.3) is 0 Å². The SMILES string of the molecule is CCN(Cc1cccc(C)n1)C(CN)CC(N)=O. The number of likely N-dealkylation sites (N-methyl/N-ethyl adjacent to an activating group) is 1. The highest BCUT2D eigenvalue weighted by molar-refractivity contribution is 5.74. The van der Waals surface area contributed by atoms with Gasteiger partial charge in [0.05, 0.1) is 5.69 Å². The van der Waals surface area contributed by atoms with E-state index in [1.54, 1.807) is 0 Å². The first-order valence-electron chi connectivity index (χ1n) is 6.21. The molecule has 1 amide bonds. The van der Waals surface area contributed by atoms with E-state index in [9.17, 15) is 4.79 Å². The largest absolute Gasteiger partial charge is 0.370 e. The van der Waals surface area contributed by atoms with E-state index >= 15 is 0 Å². The van der Waals surface area contributed by atoms with Gasteiger partial charge in [-0.1, -0.05) is 13.0 Å². The number of rotatable bonds is 7. The van der Waals surface area contributed by atoms with Gasteiger partial charge in [-0.15, -0.1) is 0 Å². The van der Waals surface area contributed by atoms with Crippen LogP contribution in [0.4, 0.5) is 0 Å². The second kappa shape index (κ2) is 7.08. The quantitative estimate of drug-likeness (QED) is 0.734. The molecule has 0 aromatic carbocycles. The fraction of sp³-hybridized carbons (Fsp3) is 0.538. The van der Waals surface area contributed by atoms with Crippen LogP contribution in [0.15, 0.2) is 18.2 Å². The second-order valence-electron chi connectivity index (χ2n) is 4.39. The molecule has 5 heteroatoms. The first-order valence-corrected chi connectivity index (χ1v) is 6.21. The van der Waals surface area contributed by atoms with E-state index in [2.05, 4.69) is 9.88 Å². The second-order valence-corrected chi connectivity index (χ2v) is 4.39. The van der Waals surface area contributed by atoms with Crippen molar-refractivity contribution in [2.24, 2.45) is 11.5 Å². The molecule has 100 valence electrons. The fourth-order valence-electron chi connectivity index (χ4n) is 1.99. The minimum Gasteiger partial charge on any atom is -0.370 e. The summed E-state index contributed by atoms with van der Waals surface area (Å²) in [5, 5.41) is 0. The van der Waals surface area contributed by atoms with Crippen molar-refractivity contribution in [2.75, 3.05) is 13.1 Å². The maximum Gasteiger partial charge on any atom is 0.219 e. The molecule has 0 aliphatic heterocycles. The van der Waals surface area contributed by atoms with Crippen molar-refractivity contribution >= 4 is 5.91 Å². The van der Waals surface area contributed by atoms with Crippen LogP contribution in [-0.4, -0.2) is 34.9 Å². The molecule has 1 rings (SSSR count). The molecule has 0 saturated heterocycles. The molecule has 1 atom stereocenters. The molecule has 1 aromatic heterocycles. The minimum absolute atomic E-state index is 0.0187. The lowest BCUT2D eigenvalue weighted by atomic mass is 10.1. The van der Waals surface area contributed by atoms with Crippen molar-refractivity contribution in [2.45, 2.75) is 32.9 Å². The number of hydrogen-bond acceptors (Lipinski definition) is 4. The Morgan fingerprint density at radius 3 is 2.72 bits per heavy atom. The Labute approximate surface area is 108 Å². The number of aryl methyl sites for hydroxylation is 1. The number of hydrogen-bond donors (Lipinski definition) is 2. The number of carbonyl (C=O) groups is 1. The first-order chi connectivity index (χ1) is 8.56. The third-order valence-corrected chi connectivity index (χ3v) is 2.94. The summed E-state index contributed by atoms with van der Waals surface area (Å²) < 4.78 is 0. The number of nitrogens with zero attached hydrogens (tertiary/aromatic N) is 2. The maximum absolute atomic E-state index is 11.0. The van der Waals surface area contributed by atoms with E-state index in [1.165, 1.54) is 0 Å². The standard InChI is InChI=1S/C13H22N4O/c1-3-17(12(8-14)7-13(15)18)9-11-6-4-5-10(2)16-11/h4-6,12H,3,7-9,14H2,1-2H3,(H2,15,18). The maximum atomic E-state index is 11.0. The van der Waals surface area contributed by atoms with E-state index in [0.29, 0.717) is 13.1 Å². The van der Waals surface area contributed by atoms with Gasteiger partial charge in [-0.3, -0.25) is 14.7 Å². The molecule has 0 spiro atoms. The smallest absolute Gasteiger partial charge is 0.219 e. The van der Waals surface area contributed by atoms with Crippen LogP contribution < -0.4 is 11.5 Å². The van der Waals surface area contributed by atoms with Gasteiger partial charge in [-0.25, -0.2) is 0 Å². The normalized spacial score (nSPS) is 12.7. The highest BCUT2D eigenvalue weighted by Gasteiger charge is 2.18. The van der Waals surface area contributed by atoms with E-state index < -0.39 is 0 Å². The van der Waals surface area contributed by atoms with Crippen molar-refractivity contribution in [1.82, 2.24) is 9.88 Å². The molecule has 0 aliphatic rings. The van der Waals surface area contributed by atoms with Crippen LogP contribution in [0, 0.1) is 6.92 Å². The van der Waals surface area contributed by atoms with Crippen LogP contribution in [-0.2, 0) is 11.3 Å². The van der Waals surface area contributed by atoms with Gasteiger partial charge in [0.15, 0.2) is 0 Å². The molecule has 0 aliphatic carbocycles. The summed E-state index contributed by atoms with van der Waals surface area (Å²) in [7, 11) is 0. The van der Waals surface area contributed by atoms with E-state index in [4.69, 9.17) is 11.5 Å². The number of amides is 1. The molecule has 5 nitrogen and oxygen atoms in total. The lowest BCUT2D eigenvalue weighted by Gasteiger charge is -2.28. The lowest BCUT2D eigenvalue weighted by Crippen LogP contribution is -2.42. The van der Waals surface area contributed by atoms with Gasteiger partial charge < -0.3 is 11.5 Å². The van der Waals surface area contributed by atoms with Gasteiger partial charge in [-0.2, -0.15) is 0 Å². The monoisotopic (exact) mass is 250 g/mol. The van der Waals surface area contributed by atoms with Crippen molar-refractivity contribution in [3.8, 4) is 0 Å². The van der Waals surface area contributed by atoms with Crippen LogP contribution in [0.2, 0.25) is 0 Å². The molecule has 1 heterocycles. The molecule has 0 fully saturated rings. The highest BCUT2D eigenvalue weighted by atomic mass is 16.1. The van der Waals surface area contributed by atoms with Gasteiger partial charge in [0, 0.05) is 31.2 Å². The fourth-order valence-corrected chi connectivity index (χ4v) is 1.99. The predicted molar refractivity (Wildman–Crippen MR) is 71.7 cm³/mol. The number of nitrogens with two attached hydrogens (primary N) is 2. The highest BCUT2D eigenvalue weighted by Crippen LogP contribution is 2.09. The summed E-state index contributed by atoms with van der Waals surface area (Å²) in [6, 6.07) is 5.91. The van der Waals surface area contributed by atoms with E-state index in [0.717, 1.165) is 17.9 Å². The Hall–Kier alpha value is -1.46. The summed E-state index contributed by atoms with van der Waals surface area (Å²) in [6.07, 6.45) is 0.288. The number of carbonyl (C=O) groups excluding carboxylic acids is 1.